The first-order valence-corrected chi connectivity index (χ1v) is 8.25. The zero-order valence-electron chi connectivity index (χ0n) is 15.0. The van der Waals surface area contributed by atoms with Gasteiger partial charge in [-0.25, -0.2) is 9.59 Å². The number of hydrogen-bond acceptors (Lipinski definition) is 6. The fourth-order valence-corrected chi connectivity index (χ4v) is 2.71. The summed E-state index contributed by atoms with van der Waals surface area (Å²) < 4.78 is 5.29. The molecule has 1 aromatic rings. The number of rotatable bonds is 4. The van der Waals surface area contributed by atoms with Crippen molar-refractivity contribution in [3.63, 3.8) is 0 Å². The highest BCUT2D eigenvalue weighted by molar-refractivity contribution is 5.80. The van der Waals surface area contributed by atoms with Gasteiger partial charge in [0.15, 0.2) is 0 Å². The fourth-order valence-electron chi connectivity index (χ4n) is 2.71. The number of non-ortho nitro benzene ring substituents is 1. The molecule has 0 aromatic heterocycles. The lowest BCUT2D eigenvalue weighted by molar-refractivity contribution is -0.384. The average Bonchev–Trinajstić information content (AvgIpc) is 2.53. The van der Waals surface area contributed by atoms with Gasteiger partial charge in [0, 0.05) is 38.3 Å². The van der Waals surface area contributed by atoms with E-state index in [1.807, 2.05) is 4.90 Å². The summed E-state index contributed by atoms with van der Waals surface area (Å²) in [7, 11) is 0. The number of ether oxygens (including phenoxy) is 1. The van der Waals surface area contributed by atoms with Crippen molar-refractivity contribution in [1.82, 2.24) is 9.80 Å². The smallest absolute Gasteiger partial charge is 0.411 e. The van der Waals surface area contributed by atoms with E-state index >= 15 is 0 Å². The molecule has 0 aliphatic carbocycles. The Morgan fingerprint density at radius 2 is 1.88 bits per heavy atom. The van der Waals surface area contributed by atoms with Crippen LogP contribution < -0.4 is 0 Å². The molecule has 2 rings (SSSR count). The molecule has 0 bridgehead atoms. The van der Waals surface area contributed by atoms with Gasteiger partial charge in [0.2, 0.25) is 0 Å². The topological polar surface area (TPSA) is 113 Å². The van der Waals surface area contributed by atoms with Crippen LogP contribution in [0.4, 0.5) is 10.5 Å². The Morgan fingerprint density at radius 1 is 1.27 bits per heavy atom. The van der Waals surface area contributed by atoms with E-state index in [0.29, 0.717) is 13.1 Å². The molecule has 1 fully saturated rings. The molecule has 142 valence electrons. The number of carbonyl (C=O) groups is 2. The van der Waals surface area contributed by atoms with Crippen molar-refractivity contribution in [2.24, 2.45) is 0 Å². The number of carboxylic acid groups (broad SMARTS) is 1. The van der Waals surface area contributed by atoms with Crippen LogP contribution in [0.15, 0.2) is 24.3 Å². The molecule has 1 atom stereocenters. The number of carbonyl (C=O) groups excluding carboxylic acids is 1. The average molecular weight is 365 g/mol. The van der Waals surface area contributed by atoms with Crippen molar-refractivity contribution >= 4 is 17.7 Å². The molecule has 0 spiro atoms. The number of hydrogen-bond donors (Lipinski definition) is 1. The van der Waals surface area contributed by atoms with Gasteiger partial charge in [-0.3, -0.25) is 19.9 Å². The van der Waals surface area contributed by atoms with Gasteiger partial charge in [-0.15, -0.1) is 0 Å². The molecule has 1 N–H and O–H groups in total. The van der Waals surface area contributed by atoms with Crippen LogP contribution in [-0.2, 0) is 16.1 Å². The third-order valence-corrected chi connectivity index (χ3v) is 3.93. The van der Waals surface area contributed by atoms with Crippen molar-refractivity contribution in [2.45, 2.75) is 39.0 Å². The highest BCUT2D eigenvalue weighted by Crippen LogP contribution is 2.19. The number of nitro groups is 1. The normalized spacial score (nSPS) is 18.4. The van der Waals surface area contributed by atoms with Crippen molar-refractivity contribution in [2.75, 3.05) is 19.6 Å². The predicted octanol–water partition coefficient (Wildman–Crippen LogP) is 2.10. The number of piperazine rings is 1. The highest BCUT2D eigenvalue weighted by Gasteiger charge is 2.37. The maximum atomic E-state index is 12.3. The second kappa shape index (κ2) is 7.69. The Labute approximate surface area is 151 Å². The largest absolute Gasteiger partial charge is 0.480 e. The number of carboxylic acids is 1. The summed E-state index contributed by atoms with van der Waals surface area (Å²) in [5.74, 6) is -1.09. The van der Waals surface area contributed by atoms with E-state index in [1.165, 1.54) is 17.0 Å². The molecule has 9 heteroatoms. The van der Waals surface area contributed by atoms with E-state index in [4.69, 9.17) is 4.74 Å². The minimum absolute atomic E-state index is 0.00640. The zero-order chi connectivity index (χ0) is 19.5. The van der Waals surface area contributed by atoms with E-state index < -0.39 is 28.6 Å². The minimum Gasteiger partial charge on any atom is -0.480 e. The first kappa shape index (κ1) is 19.6. The Hall–Kier alpha value is -2.68. The molecule has 26 heavy (non-hydrogen) atoms. The lowest BCUT2D eigenvalue weighted by Crippen LogP contribution is -2.58. The number of amides is 1. The Bertz CT molecular complexity index is 683. The van der Waals surface area contributed by atoms with Crippen molar-refractivity contribution in [1.29, 1.82) is 0 Å². The fraction of sp³-hybridized carbons (Fsp3) is 0.529. The molecule has 0 saturated carbocycles. The molecular weight excluding hydrogens is 342 g/mol. The molecule has 1 heterocycles. The van der Waals surface area contributed by atoms with E-state index in [0.717, 1.165) is 5.56 Å². The maximum absolute atomic E-state index is 12.3. The summed E-state index contributed by atoms with van der Waals surface area (Å²) in [5, 5.41) is 20.2. The molecule has 1 saturated heterocycles. The highest BCUT2D eigenvalue weighted by atomic mass is 16.6. The molecule has 1 amide bonds. The van der Waals surface area contributed by atoms with Gasteiger partial charge in [-0.1, -0.05) is 12.1 Å². The van der Waals surface area contributed by atoms with Crippen molar-refractivity contribution in [3.05, 3.63) is 39.9 Å². The molecule has 1 aliphatic heterocycles. The Balaban J connectivity index is 2.03. The summed E-state index contributed by atoms with van der Waals surface area (Å²) in [4.78, 5) is 37.2. The SMILES string of the molecule is CC(C)(C)OC(=O)N1CCN(Cc2ccc([N+](=O)[O-])cc2)C[C@H]1C(=O)O. The number of benzene rings is 1. The lowest BCUT2D eigenvalue weighted by atomic mass is 10.1. The second-order valence-electron chi connectivity index (χ2n) is 7.19. The molecule has 0 radical (unpaired) electrons. The number of nitrogens with zero attached hydrogens (tertiary/aromatic N) is 3. The van der Waals surface area contributed by atoms with Crippen LogP contribution in [0.2, 0.25) is 0 Å². The van der Waals surface area contributed by atoms with Gasteiger partial charge in [0.05, 0.1) is 4.92 Å². The van der Waals surface area contributed by atoms with Crippen molar-refractivity contribution in [3.8, 4) is 0 Å². The lowest BCUT2D eigenvalue weighted by Gasteiger charge is -2.39. The summed E-state index contributed by atoms with van der Waals surface area (Å²) in [6, 6.07) is 5.13. The van der Waals surface area contributed by atoms with Crippen LogP contribution in [0.25, 0.3) is 0 Å². The quantitative estimate of drug-likeness (QED) is 0.642. The van der Waals surface area contributed by atoms with Gasteiger partial charge in [0.25, 0.3) is 5.69 Å². The van der Waals surface area contributed by atoms with Gasteiger partial charge in [-0.05, 0) is 26.3 Å². The monoisotopic (exact) mass is 365 g/mol. The molecular formula is C17H23N3O6. The van der Waals surface area contributed by atoms with E-state index in [-0.39, 0.29) is 18.8 Å². The van der Waals surface area contributed by atoms with Crippen molar-refractivity contribution < 1.29 is 24.4 Å². The van der Waals surface area contributed by atoms with Gasteiger partial charge in [0.1, 0.15) is 11.6 Å². The number of nitro benzene ring substituents is 1. The predicted molar refractivity (Wildman–Crippen MR) is 92.7 cm³/mol. The third-order valence-electron chi connectivity index (χ3n) is 3.93. The molecule has 0 unspecified atom stereocenters. The van der Waals surface area contributed by atoms with Crippen LogP contribution in [-0.4, -0.2) is 63.2 Å². The maximum Gasteiger partial charge on any atom is 0.411 e. The van der Waals surface area contributed by atoms with Gasteiger partial charge < -0.3 is 9.84 Å². The molecule has 1 aliphatic rings. The van der Waals surface area contributed by atoms with Crippen LogP contribution >= 0.6 is 0 Å². The molecule has 1 aromatic carbocycles. The van der Waals surface area contributed by atoms with E-state index in [2.05, 4.69) is 0 Å². The van der Waals surface area contributed by atoms with Crippen LogP contribution in [0, 0.1) is 10.1 Å². The van der Waals surface area contributed by atoms with Crippen LogP contribution in [0.3, 0.4) is 0 Å². The Morgan fingerprint density at radius 3 is 2.38 bits per heavy atom. The van der Waals surface area contributed by atoms with Crippen LogP contribution in [0.5, 0.6) is 0 Å². The first-order valence-electron chi connectivity index (χ1n) is 8.25. The van der Waals surface area contributed by atoms with Gasteiger partial charge >= 0.3 is 12.1 Å². The summed E-state index contributed by atoms with van der Waals surface area (Å²) >= 11 is 0. The first-order chi connectivity index (χ1) is 12.1. The van der Waals surface area contributed by atoms with E-state index in [9.17, 15) is 24.8 Å². The van der Waals surface area contributed by atoms with E-state index in [1.54, 1.807) is 32.9 Å². The van der Waals surface area contributed by atoms with Crippen LogP contribution in [0.1, 0.15) is 26.3 Å². The standard InChI is InChI=1S/C17H23N3O6/c1-17(2,3)26-16(23)19-9-8-18(11-14(19)15(21)22)10-12-4-6-13(7-5-12)20(24)25/h4-7,14H,8-11H2,1-3H3,(H,21,22)/t14-/m0/s1. The molecule has 9 nitrogen and oxygen atoms in total. The Kier molecular flexibility index (Phi) is 5.81. The second-order valence-corrected chi connectivity index (χ2v) is 7.19. The summed E-state index contributed by atoms with van der Waals surface area (Å²) in [6.07, 6.45) is -0.639. The van der Waals surface area contributed by atoms with Gasteiger partial charge in [-0.2, -0.15) is 0 Å². The summed E-state index contributed by atoms with van der Waals surface area (Å²) in [5.41, 5.74) is 0.146. The number of aliphatic carboxylic acids is 1. The third kappa shape index (κ3) is 5.16. The summed E-state index contributed by atoms with van der Waals surface area (Å²) in [6.45, 7) is 6.51. The zero-order valence-corrected chi connectivity index (χ0v) is 15.0. The minimum atomic E-state index is -1.09.